The van der Waals surface area contributed by atoms with Gasteiger partial charge in [0.15, 0.2) is 11.5 Å². The maximum Gasteiger partial charge on any atom is 0.240 e. The van der Waals surface area contributed by atoms with Crippen molar-refractivity contribution >= 4 is 33.4 Å². The number of nitrogens with zero attached hydrogens (tertiary/aromatic N) is 1. The van der Waals surface area contributed by atoms with Crippen LogP contribution in [0.25, 0.3) is 0 Å². The van der Waals surface area contributed by atoms with Crippen LogP contribution in [0.5, 0.6) is 11.5 Å². The standard InChI is InChI=1S/C18H26N2O5S2/c1-27(22,23)20(14-6-7-16-17(12-14)25-10-9-24-16)13-18(21)19-8-11-26-15-4-2-3-5-15/h6-7,12,15H,2-5,8-11,13H2,1H3,(H,19,21). The molecule has 27 heavy (non-hydrogen) atoms. The predicted molar refractivity (Wildman–Crippen MR) is 107 cm³/mol. The molecular formula is C18H26N2O5S2. The molecule has 1 fully saturated rings. The van der Waals surface area contributed by atoms with E-state index in [1.54, 1.807) is 18.2 Å². The molecule has 1 saturated carbocycles. The van der Waals surface area contributed by atoms with Crippen molar-refractivity contribution in [2.75, 3.05) is 42.6 Å². The van der Waals surface area contributed by atoms with Crippen LogP contribution in [-0.2, 0) is 14.8 Å². The molecule has 0 spiro atoms. The van der Waals surface area contributed by atoms with Gasteiger partial charge in [0.1, 0.15) is 19.8 Å². The summed E-state index contributed by atoms with van der Waals surface area (Å²) in [5.74, 6) is 1.59. The summed E-state index contributed by atoms with van der Waals surface area (Å²) < 4.78 is 36.5. The molecule has 2 aliphatic rings. The highest BCUT2D eigenvalue weighted by molar-refractivity contribution is 7.99. The largest absolute Gasteiger partial charge is 0.486 e. The molecule has 1 heterocycles. The van der Waals surface area contributed by atoms with E-state index >= 15 is 0 Å². The highest BCUT2D eigenvalue weighted by Gasteiger charge is 2.23. The third kappa shape index (κ3) is 5.68. The topological polar surface area (TPSA) is 84.9 Å². The lowest BCUT2D eigenvalue weighted by Crippen LogP contribution is -2.41. The molecule has 9 heteroatoms. The molecule has 150 valence electrons. The second kappa shape index (κ2) is 9.05. The number of thioether (sulfide) groups is 1. The number of hydrogen-bond donors (Lipinski definition) is 1. The van der Waals surface area contributed by atoms with Gasteiger partial charge in [-0.2, -0.15) is 11.8 Å². The number of anilines is 1. The molecule has 7 nitrogen and oxygen atoms in total. The Balaban J connectivity index is 1.57. The monoisotopic (exact) mass is 414 g/mol. The van der Waals surface area contributed by atoms with Crippen molar-refractivity contribution in [1.82, 2.24) is 5.32 Å². The van der Waals surface area contributed by atoms with Crippen molar-refractivity contribution in [3.63, 3.8) is 0 Å². The Morgan fingerprint density at radius 1 is 1.22 bits per heavy atom. The van der Waals surface area contributed by atoms with Gasteiger partial charge >= 0.3 is 0 Å². The van der Waals surface area contributed by atoms with Gasteiger partial charge in [0.2, 0.25) is 15.9 Å². The Hall–Kier alpha value is -1.61. The molecule has 1 amide bonds. The van der Waals surface area contributed by atoms with Gasteiger partial charge in [0.25, 0.3) is 0 Å². The smallest absolute Gasteiger partial charge is 0.240 e. The van der Waals surface area contributed by atoms with Gasteiger partial charge in [-0.15, -0.1) is 0 Å². The highest BCUT2D eigenvalue weighted by atomic mass is 32.2. The number of rotatable bonds is 8. The quantitative estimate of drug-likeness (QED) is 0.655. The zero-order valence-electron chi connectivity index (χ0n) is 15.5. The summed E-state index contributed by atoms with van der Waals surface area (Å²) in [5.41, 5.74) is 0.386. The summed E-state index contributed by atoms with van der Waals surface area (Å²) in [5, 5.41) is 3.52. The lowest BCUT2D eigenvalue weighted by atomic mass is 10.2. The fourth-order valence-electron chi connectivity index (χ4n) is 3.24. The zero-order valence-corrected chi connectivity index (χ0v) is 17.1. The van der Waals surface area contributed by atoms with Crippen LogP contribution in [0, 0.1) is 0 Å². The number of benzene rings is 1. The van der Waals surface area contributed by atoms with Gasteiger partial charge in [-0.1, -0.05) is 12.8 Å². The summed E-state index contributed by atoms with van der Waals surface area (Å²) in [6.45, 7) is 1.16. The first kappa shape index (κ1) is 20.1. The molecular weight excluding hydrogens is 388 g/mol. The van der Waals surface area contributed by atoms with Crippen molar-refractivity contribution in [3.8, 4) is 11.5 Å². The van der Waals surface area contributed by atoms with Gasteiger partial charge in [-0.25, -0.2) is 8.42 Å². The molecule has 0 bridgehead atoms. The number of carbonyl (C=O) groups is 1. The summed E-state index contributed by atoms with van der Waals surface area (Å²) in [4.78, 5) is 12.3. The van der Waals surface area contributed by atoms with E-state index in [0.29, 0.717) is 42.2 Å². The third-order valence-electron chi connectivity index (χ3n) is 4.58. The van der Waals surface area contributed by atoms with E-state index in [2.05, 4.69) is 5.32 Å². The van der Waals surface area contributed by atoms with E-state index in [1.165, 1.54) is 25.7 Å². The Morgan fingerprint density at radius 2 is 1.93 bits per heavy atom. The maximum atomic E-state index is 12.3. The minimum atomic E-state index is -3.61. The van der Waals surface area contributed by atoms with Gasteiger partial charge < -0.3 is 14.8 Å². The van der Waals surface area contributed by atoms with Crippen LogP contribution >= 0.6 is 11.8 Å². The number of fused-ring (bicyclic) bond motifs is 1. The summed E-state index contributed by atoms with van der Waals surface area (Å²) in [7, 11) is -3.61. The number of hydrogen-bond acceptors (Lipinski definition) is 6. The minimum absolute atomic E-state index is 0.257. The van der Waals surface area contributed by atoms with Crippen molar-refractivity contribution in [2.24, 2.45) is 0 Å². The van der Waals surface area contributed by atoms with Crippen molar-refractivity contribution in [3.05, 3.63) is 18.2 Å². The molecule has 0 radical (unpaired) electrons. The van der Waals surface area contributed by atoms with E-state index in [9.17, 15) is 13.2 Å². The van der Waals surface area contributed by atoms with Crippen LogP contribution in [-0.4, -0.2) is 57.9 Å². The normalized spacial score (nSPS) is 16.9. The van der Waals surface area contributed by atoms with Crippen LogP contribution in [0.4, 0.5) is 5.69 Å². The Labute approximate surface area is 164 Å². The van der Waals surface area contributed by atoms with Gasteiger partial charge in [0.05, 0.1) is 11.9 Å². The number of carbonyl (C=O) groups excluding carboxylic acids is 1. The lowest BCUT2D eigenvalue weighted by Gasteiger charge is -2.24. The predicted octanol–water partition coefficient (Wildman–Crippen LogP) is 2.02. The molecule has 3 rings (SSSR count). The first-order valence-electron chi connectivity index (χ1n) is 9.19. The number of nitrogens with one attached hydrogen (secondary N) is 1. The van der Waals surface area contributed by atoms with Crippen LogP contribution < -0.4 is 19.1 Å². The second-order valence-electron chi connectivity index (χ2n) is 6.72. The summed E-state index contributed by atoms with van der Waals surface area (Å²) >= 11 is 1.89. The second-order valence-corrected chi connectivity index (χ2v) is 10.0. The number of ether oxygens (including phenoxy) is 2. The molecule has 1 N–H and O–H groups in total. The molecule has 0 aromatic heterocycles. The fourth-order valence-corrected chi connectivity index (χ4v) is 5.31. The van der Waals surface area contributed by atoms with Crippen LogP contribution in [0.1, 0.15) is 25.7 Å². The molecule has 1 aromatic rings. The summed E-state index contributed by atoms with van der Waals surface area (Å²) in [6, 6.07) is 4.88. The molecule has 1 aliphatic carbocycles. The van der Waals surface area contributed by atoms with E-state index < -0.39 is 10.0 Å². The first-order chi connectivity index (χ1) is 12.9. The summed E-state index contributed by atoms with van der Waals surface area (Å²) in [6.07, 6.45) is 6.19. The SMILES string of the molecule is CS(=O)(=O)N(CC(=O)NCCSC1CCCC1)c1ccc2c(c1)OCCO2. The molecule has 1 aliphatic heterocycles. The van der Waals surface area contributed by atoms with Crippen LogP contribution in [0.3, 0.4) is 0 Å². The molecule has 0 atom stereocenters. The highest BCUT2D eigenvalue weighted by Crippen LogP contribution is 2.34. The van der Waals surface area contributed by atoms with E-state index in [4.69, 9.17) is 9.47 Å². The van der Waals surface area contributed by atoms with Gasteiger partial charge in [-0.3, -0.25) is 9.10 Å². The van der Waals surface area contributed by atoms with Crippen molar-refractivity contribution in [2.45, 2.75) is 30.9 Å². The Morgan fingerprint density at radius 3 is 2.63 bits per heavy atom. The average molecular weight is 415 g/mol. The van der Waals surface area contributed by atoms with Gasteiger partial charge in [0, 0.05) is 23.6 Å². The third-order valence-corrected chi connectivity index (χ3v) is 7.10. The molecule has 0 saturated heterocycles. The zero-order chi connectivity index (χ0) is 19.3. The Kier molecular flexibility index (Phi) is 6.75. The fraction of sp³-hybridized carbons (Fsp3) is 0.611. The minimum Gasteiger partial charge on any atom is -0.486 e. The van der Waals surface area contributed by atoms with Crippen LogP contribution in [0.15, 0.2) is 18.2 Å². The van der Waals surface area contributed by atoms with E-state index in [1.807, 2.05) is 11.8 Å². The lowest BCUT2D eigenvalue weighted by molar-refractivity contribution is -0.119. The van der Waals surface area contributed by atoms with Crippen molar-refractivity contribution < 1.29 is 22.7 Å². The van der Waals surface area contributed by atoms with Crippen LogP contribution in [0.2, 0.25) is 0 Å². The number of amides is 1. The number of sulfonamides is 1. The first-order valence-corrected chi connectivity index (χ1v) is 12.1. The molecule has 0 unspecified atom stereocenters. The van der Waals surface area contributed by atoms with E-state index in [0.717, 1.165) is 16.3 Å². The Bertz CT molecular complexity index is 763. The average Bonchev–Trinajstić information content (AvgIpc) is 3.15. The van der Waals surface area contributed by atoms with Crippen molar-refractivity contribution in [1.29, 1.82) is 0 Å². The van der Waals surface area contributed by atoms with Gasteiger partial charge in [-0.05, 0) is 25.0 Å². The molecule has 1 aromatic carbocycles. The van der Waals surface area contributed by atoms with E-state index in [-0.39, 0.29) is 12.5 Å². The maximum absolute atomic E-state index is 12.3.